The van der Waals surface area contributed by atoms with Gasteiger partial charge in [0.1, 0.15) is 6.10 Å². The van der Waals surface area contributed by atoms with Crippen molar-refractivity contribution in [2.45, 2.75) is 6.10 Å². The topological polar surface area (TPSA) is 63.6 Å². The number of ether oxygens (including phenoxy) is 1. The van der Waals surface area contributed by atoms with Crippen LogP contribution in [0.4, 0.5) is 0 Å². The van der Waals surface area contributed by atoms with Gasteiger partial charge >= 0.3 is 11.9 Å². The summed E-state index contributed by atoms with van der Waals surface area (Å²) in [6.07, 6.45) is 3.29. The molecular weight excluding hydrogens is 316 g/mol. The second-order valence-electron chi connectivity index (χ2n) is 5.86. The first-order valence-corrected chi connectivity index (χ1v) is 7.88. The number of carbonyl (C=O) groups excluding carboxylic acids is 1. The third-order valence-electron chi connectivity index (χ3n) is 4.31. The Morgan fingerprint density at radius 1 is 0.920 bits per heavy atom. The standard InChI is InChI=1S/C21H14O4/c22-20(23)15-7-2-8-16(12-15)21(24)25-18-11-10-14-5-1-4-13-6-3-9-17(18)19(13)14/h1-12,18H,(H,22,23). The van der Waals surface area contributed by atoms with E-state index in [0.29, 0.717) is 0 Å². The molecular formula is C21H14O4. The number of hydrogen-bond donors (Lipinski definition) is 1. The summed E-state index contributed by atoms with van der Waals surface area (Å²) in [4.78, 5) is 23.5. The van der Waals surface area contributed by atoms with E-state index < -0.39 is 18.0 Å². The summed E-state index contributed by atoms with van der Waals surface area (Å²) in [7, 11) is 0. The molecule has 0 aromatic heterocycles. The summed E-state index contributed by atoms with van der Waals surface area (Å²) < 4.78 is 5.64. The van der Waals surface area contributed by atoms with E-state index in [0.717, 1.165) is 21.9 Å². The minimum absolute atomic E-state index is 0.0566. The summed E-state index contributed by atoms with van der Waals surface area (Å²) in [5.74, 6) is -1.62. The molecule has 0 saturated carbocycles. The molecule has 3 aromatic rings. The van der Waals surface area contributed by atoms with Gasteiger partial charge in [0.05, 0.1) is 11.1 Å². The lowest BCUT2D eigenvalue weighted by Crippen LogP contribution is -2.13. The smallest absolute Gasteiger partial charge is 0.339 e. The van der Waals surface area contributed by atoms with Crippen molar-refractivity contribution in [1.29, 1.82) is 0 Å². The Morgan fingerprint density at radius 2 is 1.64 bits per heavy atom. The highest BCUT2D eigenvalue weighted by Gasteiger charge is 2.22. The molecule has 0 heterocycles. The SMILES string of the molecule is O=C(O)c1cccc(C(=O)OC2C=Cc3cccc4cccc2c34)c1. The highest BCUT2D eigenvalue weighted by molar-refractivity contribution is 5.97. The Balaban J connectivity index is 1.67. The summed E-state index contributed by atoms with van der Waals surface area (Å²) in [6, 6.07) is 17.8. The highest BCUT2D eigenvalue weighted by atomic mass is 16.5. The molecule has 1 atom stereocenters. The fourth-order valence-electron chi connectivity index (χ4n) is 3.14. The van der Waals surface area contributed by atoms with Gasteiger partial charge in [-0.3, -0.25) is 0 Å². The van der Waals surface area contributed by atoms with Gasteiger partial charge in [0.2, 0.25) is 0 Å². The lowest BCUT2D eigenvalue weighted by atomic mass is 9.91. The first kappa shape index (κ1) is 15.1. The molecule has 1 aliphatic carbocycles. The number of aromatic carboxylic acids is 1. The zero-order valence-corrected chi connectivity index (χ0v) is 13.2. The minimum atomic E-state index is -1.08. The van der Waals surface area contributed by atoms with Gasteiger partial charge in [0.15, 0.2) is 0 Å². The zero-order chi connectivity index (χ0) is 17.4. The molecule has 0 spiro atoms. The van der Waals surface area contributed by atoms with Gasteiger partial charge in [-0.25, -0.2) is 9.59 Å². The molecule has 0 saturated heterocycles. The predicted molar refractivity (Wildman–Crippen MR) is 94.5 cm³/mol. The van der Waals surface area contributed by atoms with Crippen LogP contribution < -0.4 is 0 Å². The maximum Gasteiger partial charge on any atom is 0.339 e. The molecule has 4 nitrogen and oxygen atoms in total. The van der Waals surface area contributed by atoms with Crippen LogP contribution in [0, 0.1) is 0 Å². The Hall–Kier alpha value is -3.40. The number of hydrogen-bond acceptors (Lipinski definition) is 3. The lowest BCUT2D eigenvalue weighted by Gasteiger charge is -2.21. The van der Waals surface area contributed by atoms with E-state index in [9.17, 15) is 9.59 Å². The molecule has 0 aliphatic heterocycles. The largest absolute Gasteiger partial charge is 0.478 e. The maximum atomic E-state index is 12.5. The summed E-state index contributed by atoms with van der Waals surface area (Å²) in [6.45, 7) is 0. The molecule has 1 aliphatic rings. The Kier molecular flexibility index (Phi) is 3.58. The molecule has 0 bridgehead atoms. The Morgan fingerprint density at radius 3 is 2.44 bits per heavy atom. The van der Waals surface area contributed by atoms with Crippen molar-refractivity contribution in [2.75, 3.05) is 0 Å². The van der Waals surface area contributed by atoms with E-state index in [-0.39, 0.29) is 11.1 Å². The number of benzene rings is 3. The monoisotopic (exact) mass is 330 g/mol. The zero-order valence-electron chi connectivity index (χ0n) is 13.2. The molecule has 1 unspecified atom stereocenters. The van der Waals surface area contributed by atoms with Crippen LogP contribution in [-0.4, -0.2) is 17.0 Å². The third kappa shape index (κ3) is 2.68. The Labute approximate surface area is 144 Å². The molecule has 1 N–H and O–H groups in total. The molecule has 4 rings (SSSR count). The summed E-state index contributed by atoms with van der Waals surface area (Å²) >= 11 is 0. The maximum absolute atomic E-state index is 12.5. The number of carbonyl (C=O) groups is 2. The number of carboxylic acids is 1. The summed E-state index contributed by atoms with van der Waals surface area (Å²) in [5, 5.41) is 11.2. The van der Waals surface area contributed by atoms with Crippen molar-refractivity contribution in [1.82, 2.24) is 0 Å². The number of rotatable bonds is 3. The van der Waals surface area contributed by atoms with Gasteiger partial charge in [0, 0.05) is 5.56 Å². The Bertz CT molecular complexity index is 1030. The lowest BCUT2D eigenvalue weighted by molar-refractivity contribution is 0.0394. The van der Waals surface area contributed by atoms with Gasteiger partial charge in [0.25, 0.3) is 0 Å². The number of esters is 1. The molecule has 0 amide bonds. The van der Waals surface area contributed by atoms with Crippen molar-refractivity contribution >= 4 is 28.8 Å². The van der Waals surface area contributed by atoms with E-state index in [1.54, 1.807) is 6.07 Å². The molecule has 122 valence electrons. The van der Waals surface area contributed by atoms with E-state index >= 15 is 0 Å². The average Bonchev–Trinajstić information content (AvgIpc) is 2.64. The van der Waals surface area contributed by atoms with Gasteiger partial charge < -0.3 is 9.84 Å². The van der Waals surface area contributed by atoms with Crippen molar-refractivity contribution in [3.63, 3.8) is 0 Å². The molecule has 0 fully saturated rings. The van der Waals surface area contributed by atoms with E-state index in [2.05, 4.69) is 0 Å². The fourth-order valence-corrected chi connectivity index (χ4v) is 3.14. The van der Waals surface area contributed by atoms with Crippen LogP contribution in [0.5, 0.6) is 0 Å². The van der Waals surface area contributed by atoms with E-state index in [4.69, 9.17) is 9.84 Å². The van der Waals surface area contributed by atoms with Crippen LogP contribution in [-0.2, 0) is 4.74 Å². The third-order valence-corrected chi connectivity index (χ3v) is 4.31. The molecule has 3 aromatic carbocycles. The second kappa shape index (κ2) is 5.91. The van der Waals surface area contributed by atoms with Crippen LogP contribution in [0.15, 0.2) is 66.7 Å². The van der Waals surface area contributed by atoms with Crippen LogP contribution in [0.25, 0.3) is 16.8 Å². The predicted octanol–water partition coefficient (Wildman–Crippen LogP) is 4.46. The van der Waals surface area contributed by atoms with Gasteiger partial charge in [-0.2, -0.15) is 0 Å². The van der Waals surface area contributed by atoms with Gasteiger partial charge in [-0.1, -0.05) is 48.5 Å². The first-order chi connectivity index (χ1) is 12.1. The van der Waals surface area contributed by atoms with Crippen molar-refractivity contribution in [2.24, 2.45) is 0 Å². The fraction of sp³-hybridized carbons (Fsp3) is 0.0476. The molecule has 25 heavy (non-hydrogen) atoms. The normalized spacial score (nSPS) is 15.1. The van der Waals surface area contributed by atoms with E-state index in [1.807, 2.05) is 48.6 Å². The first-order valence-electron chi connectivity index (χ1n) is 7.88. The summed E-state index contributed by atoms with van der Waals surface area (Å²) in [5.41, 5.74) is 2.30. The van der Waals surface area contributed by atoms with Crippen molar-refractivity contribution < 1.29 is 19.4 Å². The van der Waals surface area contributed by atoms with Crippen LogP contribution >= 0.6 is 0 Å². The molecule has 4 heteroatoms. The van der Waals surface area contributed by atoms with Gasteiger partial charge in [-0.15, -0.1) is 0 Å². The number of carboxylic acid groups (broad SMARTS) is 1. The van der Waals surface area contributed by atoms with E-state index in [1.165, 1.54) is 18.2 Å². The van der Waals surface area contributed by atoms with Crippen LogP contribution in [0.2, 0.25) is 0 Å². The highest BCUT2D eigenvalue weighted by Crippen LogP contribution is 2.35. The van der Waals surface area contributed by atoms with Gasteiger partial charge in [-0.05, 0) is 40.6 Å². The average molecular weight is 330 g/mol. The van der Waals surface area contributed by atoms with Crippen molar-refractivity contribution in [3.05, 3.63) is 89.0 Å². The van der Waals surface area contributed by atoms with Crippen molar-refractivity contribution in [3.8, 4) is 0 Å². The van der Waals surface area contributed by atoms with Crippen LogP contribution in [0.1, 0.15) is 37.9 Å². The quantitative estimate of drug-likeness (QED) is 0.720. The van der Waals surface area contributed by atoms with Crippen LogP contribution in [0.3, 0.4) is 0 Å². The molecule has 0 radical (unpaired) electrons. The minimum Gasteiger partial charge on any atom is -0.478 e. The second-order valence-corrected chi connectivity index (χ2v) is 5.86.